The summed E-state index contributed by atoms with van der Waals surface area (Å²) in [7, 11) is 4.15. The molecule has 0 saturated heterocycles. The quantitative estimate of drug-likeness (QED) is 0.835. The van der Waals surface area contributed by atoms with Crippen molar-refractivity contribution in [1.29, 1.82) is 0 Å². The van der Waals surface area contributed by atoms with E-state index in [0.717, 1.165) is 6.54 Å². The molecule has 0 aliphatic rings. The van der Waals surface area contributed by atoms with Gasteiger partial charge in [0.05, 0.1) is 19.1 Å². The molecule has 78 valence electrons. The summed E-state index contributed by atoms with van der Waals surface area (Å²) in [6.45, 7) is 1.60. The van der Waals surface area contributed by atoms with E-state index < -0.39 is 0 Å². The molecule has 14 heavy (non-hydrogen) atoms. The van der Waals surface area contributed by atoms with E-state index in [9.17, 15) is 0 Å². The molecule has 0 heterocycles. The first kappa shape index (κ1) is 11.6. The molecule has 0 unspecified atom stereocenters. The van der Waals surface area contributed by atoms with Gasteiger partial charge < -0.3 is 9.64 Å². The van der Waals surface area contributed by atoms with Crippen LogP contribution in [0.25, 0.3) is 0 Å². The molecule has 0 aliphatic carbocycles. The van der Waals surface area contributed by atoms with Gasteiger partial charge in [0.25, 0.3) is 0 Å². The van der Waals surface area contributed by atoms with Crippen molar-refractivity contribution in [2.75, 3.05) is 27.2 Å². The summed E-state index contributed by atoms with van der Waals surface area (Å²) in [4.78, 5) is 1.34. The predicted molar refractivity (Wildman–Crippen MR) is 59.6 cm³/mol. The van der Waals surface area contributed by atoms with Crippen LogP contribution in [0, 0.1) is 0 Å². The highest BCUT2D eigenvalue weighted by molar-refractivity contribution is 6.35. The first-order chi connectivity index (χ1) is 6.59. The first-order valence-electron chi connectivity index (χ1n) is 4.46. The van der Waals surface area contributed by atoms with Crippen LogP contribution in [0.3, 0.4) is 0 Å². The zero-order valence-corrected chi connectivity index (χ0v) is 9.82. The number of halogens is 2. The van der Waals surface area contributed by atoms with Crippen molar-refractivity contribution in [2.45, 2.75) is 0 Å². The molecule has 1 N–H and O–H groups in total. The third kappa shape index (κ3) is 3.74. The topological polar surface area (TPSA) is 13.7 Å². The number of rotatable bonds is 4. The summed E-state index contributed by atoms with van der Waals surface area (Å²) >= 11 is 11.7. The van der Waals surface area contributed by atoms with Gasteiger partial charge in [-0.05, 0) is 18.2 Å². The molecular formula is C10H14Cl2NO+. The molecule has 1 aromatic carbocycles. The van der Waals surface area contributed by atoms with E-state index in [0.29, 0.717) is 22.4 Å². The van der Waals surface area contributed by atoms with E-state index in [2.05, 4.69) is 14.1 Å². The van der Waals surface area contributed by atoms with Gasteiger partial charge in [0, 0.05) is 5.02 Å². The molecule has 1 rings (SSSR count). The molecular weight excluding hydrogens is 221 g/mol. The Morgan fingerprint density at radius 1 is 1.29 bits per heavy atom. The van der Waals surface area contributed by atoms with Gasteiger partial charge in [0.15, 0.2) is 0 Å². The van der Waals surface area contributed by atoms with Crippen molar-refractivity contribution in [2.24, 2.45) is 0 Å². The van der Waals surface area contributed by atoms with E-state index in [1.807, 2.05) is 0 Å². The Kier molecular flexibility index (Phi) is 4.52. The maximum Gasteiger partial charge on any atom is 0.138 e. The summed E-state index contributed by atoms with van der Waals surface area (Å²) in [6, 6.07) is 5.24. The van der Waals surface area contributed by atoms with Crippen LogP contribution >= 0.6 is 23.2 Å². The van der Waals surface area contributed by atoms with Gasteiger partial charge in [0.1, 0.15) is 18.9 Å². The SMILES string of the molecule is C[NH+](C)CCOc1ccc(Cl)cc1Cl. The molecule has 0 radical (unpaired) electrons. The largest absolute Gasteiger partial charge is 0.486 e. The zero-order valence-electron chi connectivity index (χ0n) is 8.31. The average Bonchev–Trinajstić information content (AvgIpc) is 2.08. The third-order valence-corrected chi connectivity index (χ3v) is 2.28. The lowest BCUT2D eigenvalue weighted by molar-refractivity contribution is -0.858. The van der Waals surface area contributed by atoms with E-state index in [4.69, 9.17) is 27.9 Å². The van der Waals surface area contributed by atoms with Crippen LogP contribution in [0.1, 0.15) is 0 Å². The summed E-state index contributed by atoms with van der Waals surface area (Å²) in [5.74, 6) is 0.692. The molecule has 4 heteroatoms. The van der Waals surface area contributed by atoms with Gasteiger partial charge in [-0.2, -0.15) is 0 Å². The molecule has 0 atom stereocenters. The van der Waals surface area contributed by atoms with Gasteiger partial charge >= 0.3 is 0 Å². The van der Waals surface area contributed by atoms with Crippen molar-refractivity contribution in [3.8, 4) is 5.75 Å². The fourth-order valence-electron chi connectivity index (χ4n) is 0.957. The zero-order chi connectivity index (χ0) is 10.6. The minimum atomic E-state index is 0.561. The molecule has 0 amide bonds. The Morgan fingerprint density at radius 3 is 2.57 bits per heavy atom. The maximum atomic E-state index is 5.93. The van der Waals surface area contributed by atoms with Crippen LogP contribution in [0.5, 0.6) is 5.75 Å². The number of benzene rings is 1. The van der Waals surface area contributed by atoms with Crippen molar-refractivity contribution < 1.29 is 9.64 Å². The molecule has 0 saturated carbocycles. The first-order valence-corrected chi connectivity index (χ1v) is 5.22. The summed E-state index contributed by atoms with van der Waals surface area (Å²) in [6.07, 6.45) is 0. The molecule has 0 bridgehead atoms. The summed E-state index contributed by atoms with van der Waals surface area (Å²) in [5.41, 5.74) is 0. The van der Waals surface area contributed by atoms with Gasteiger partial charge in [-0.15, -0.1) is 0 Å². The van der Waals surface area contributed by atoms with Gasteiger partial charge in [-0.25, -0.2) is 0 Å². The number of likely N-dealkylation sites (N-methyl/N-ethyl adjacent to an activating group) is 1. The van der Waals surface area contributed by atoms with E-state index in [-0.39, 0.29) is 0 Å². The third-order valence-electron chi connectivity index (χ3n) is 1.75. The predicted octanol–water partition coefficient (Wildman–Crippen LogP) is 1.52. The van der Waals surface area contributed by atoms with Crippen molar-refractivity contribution in [1.82, 2.24) is 0 Å². The second kappa shape index (κ2) is 5.44. The Morgan fingerprint density at radius 2 is 2.00 bits per heavy atom. The van der Waals surface area contributed by atoms with Crippen molar-refractivity contribution in [3.63, 3.8) is 0 Å². The number of nitrogens with one attached hydrogen (secondary N) is 1. The Hall–Kier alpha value is -0.440. The van der Waals surface area contributed by atoms with E-state index in [1.54, 1.807) is 18.2 Å². The Balaban J connectivity index is 2.51. The minimum absolute atomic E-state index is 0.561. The van der Waals surface area contributed by atoms with Crippen LogP contribution in [0.2, 0.25) is 10.0 Å². The van der Waals surface area contributed by atoms with Crippen LogP contribution in [-0.4, -0.2) is 27.2 Å². The number of ether oxygens (including phenoxy) is 1. The van der Waals surface area contributed by atoms with Crippen LogP contribution in [-0.2, 0) is 0 Å². The second-order valence-corrected chi connectivity index (χ2v) is 4.22. The van der Waals surface area contributed by atoms with Crippen LogP contribution in [0.15, 0.2) is 18.2 Å². The molecule has 0 spiro atoms. The minimum Gasteiger partial charge on any atom is -0.486 e. The van der Waals surface area contributed by atoms with Crippen molar-refractivity contribution in [3.05, 3.63) is 28.2 Å². The highest BCUT2D eigenvalue weighted by Gasteiger charge is 2.02. The fourth-order valence-corrected chi connectivity index (χ4v) is 1.42. The number of hydrogen-bond acceptors (Lipinski definition) is 1. The monoisotopic (exact) mass is 234 g/mol. The molecule has 0 fully saturated rings. The Bertz CT molecular complexity index is 302. The lowest BCUT2D eigenvalue weighted by Gasteiger charge is -2.10. The Labute approximate surface area is 94.4 Å². The summed E-state index contributed by atoms with van der Waals surface area (Å²) in [5, 5.41) is 1.19. The molecule has 0 aliphatic heterocycles. The molecule has 1 aromatic rings. The van der Waals surface area contributed by atoms with E-state index >= 15 is 0 Å². The smallest absolute Gasteiger partial charge is 0.138 e. The molecule has 2 nitrogen and oxygen atoms in total. The van der Waals surface area contributed by atoms with Crippen LogP contribution in [0.4, 0.5) is 0 Å². The number of quaternary nitrogens is 1. The van der Waals surface area contributed by atoms with Crippen LogP contribution < -0.4 is 9.64 Å². The lowest BCUT2D eigenvalue weighted by Crippen LogP contribution is -3.06. The van der Waals surface area contributed by atoms with E-state index in [1.165, 1.54) is 4.90 Å². The highest BCUT2D eigenvalue weighted by Crippen LogP contribution is 2.27. The number of hydrogen-bond donors (Lipinski definition) is 1. The van der Waals surface area contributed by atoms with Gasteiger partial charge in [-0.3, -0.25) is 0 Å². The normalized spacial score (nSPS) is 10.6. The fraction of sp³-hybridized carbons (Fsp3) is 0.400. The molecule has 0 aromatic heterocycles. The summed E-state index contributed by atoms with van der Waals surface area (Å²) < 4.78 is 5.49. The average molecular weight is 235 g/mol. The maximum absolute atomic E-state index is 5.93. The van der Waals surface area contributed by atoms with Gasteiger partial charge in [0.2, 0.25) is 0 Å². The highest BCUT2D eigenvalue weighted by atomic mass is 35.5. The second-order valence-electron chi connectivity index (χ2n) is 3.38. The standard InChI is InChI=1S/C10H13Cl2NO/c1-13(2)5-6-14-10-4-3-8(11)7-9(10)12/h3-4,7H,5-6H2,1-2H3/p+1. The lowest BCUT2D eigenvalue weighted by atomic mass is 10.3. The van der Waals surface area contributed by atoms with Gasteiger partial charge in [-0.1, -0.05) is 23.2 Å². The van der Waals surface area contributed by atoms with Crippen molar-refractivity contribution >= 4 is 23.2 Å².